The van der Waals surface area contributed by atoms with Crippen LogP contribution in [0.3, 0.4) is 0 Å². The highest BCUT2D eigenvalue weighted by molar-refractivity contribution is 7.92. The Kier molecular flexibility index (Phi) is 5.13. The maximum atomic E-state index is 12.8. The molecule has 2 atom stereocenters. The molecule has 0 bridgehead atoms. The monoisotopic (exact) mass is 369 g/mol. The van der Waals surface area contributed by atoms with Crippen molar-refractivity contribution in [2.24, 2.45) is 0 Å². The van der Waals surface area contributed by atoms with Crippen molar-refractivity contribution in [3.8, 4) is 0 Å². The minimum Gasteiger partial charge on any atom is -0.480 e. The first kappa shape index (κ1) is 19.2. The maximum absolute atomic E-state index is 12.8. The highest BCUT2D eigenvalue weighted by atomic mass is 32.2. The number of aryl methyl sites for hydroxylation is 1. The predicted molar refractivity (Wildman–Crippen MR) is 91.1 cm³/mol. The van der Waals surface area contributed by atoms with Crippen LogP contribution in [0.4, 0.5) is 4.79 Å². The van der Waals surface area contributed by atoms with Crippen LogP contribution in [-0.2, 0) is 19.4 Å². The molecule has 25 heavy (non-hydrogen) atoms. The summed E-state index contributed by atoms with van der Waals surface area (Å²) >= 11 is 0. The Hall–Kier alpha value is -2.09. The van der Waals surface area contributed by atoms with Gasteiger partial charge in [0.25, 0.3) is 0 Å². The SMILES string of the molecule is Cc1ccc(S(=O)(=O)[C@H]2C[C@@H](C(=O)O)N(C(=O)OC(C)(C)C)C2)cc1. The number of hydrogen-bond donors (Lipinski definition) is 1. The summed E-state index contributed by atoms with van der Waals surface area (Å²) in [7, 11) is -3.74. The molecule has 138 valence electrons. The first-order valence-corrected chi connectivity index (χ1v) is 9.49. The number of carbonyl (C=O) groups is 2. The van der Waals surface area contributed by atoms with Crippen molar-refractivity contribution in [3.63, 3.8) is 0 Å². The summed E-state index contributed by atoms with van der Waals surface area (Å²) in [4.78, 5) is 24.9. The third kappa shape index (κ3) is 4.31. The van der Waals surface area contributed by atoms with E-state index in [1.165, 1.54) is 12.1 Å². The van der Waals surface area contributed by atoms with E-state index in [0.717, 1.165) is 10.5 Å². The molecule has 0 aromatic heterocycles. The van der Waals surface area contributed by atoms with Gasteiger partial charge in [0.2, 0.25) is 0 Å². The van der Waals surface area contributed by atoms with E-state index >= 15 is 0 Å². The molecule has 1 aromatic rings. The van der Waals surface area contributed by atoms with Gasteiger partial charge in [-0.3, -0.25) is 4.90 Å². The topological polar surface area (TPSA) is 101 Å². The molecule has 1 amide bonds. The fourth-order valence-electron chi connectivity index (χ4n) is 2.70. The molecule has 2 rings (SSSR count). The number of benzene rings is 1. The molecule has 1 aliphatic heterocycles. The molecule has 1 aromatic carbocycles. The Balaban J connectivity index is 2.28. The van der Waals surface area contributed by atoms with Gasteiger partial charge in [-0.25, -0.2) is 18.0 Å². The summed E-state index contributed by atoms with van der Waals surface area (Å²) in [5, 5.41) is 8.39. The van der Waals surface area contributed by atoms with Crippen LogP contribution >= 0.6 is 0 Å². The first-order chi connectivity index (χ1) is 11.4. The van der Waals surface area contributed by atoms with E-state index in [9.17, 15) is 23.1 Å². The molecule has 7 nitrogen and oxygen atoms in total. The largest absolute Gasteiger partial charge is 0.480 e. The number of carbonyl (C=O) groups excluding carboxylic acids is 1. The minimum atomic E-state index is -3.74. The second-order valence-corrected chi connectivity index (χ2v) is 9.43. The van der Waals surface area contributed by atoms with Crippen LogP contribution in [0.5, 0.6) is 0 Å². The van der Waals surface area contributed by atoms with Crippen LogP contribution in [0.2, 0.25) is 0 Å². The highest BCUT2D eigenvalue weighted by Gasteiger charge is 2.46. The number of ether oxygens (including phenoxy) is 1. The summed E-state index contributed by atoms with van der Waals surface area (Å²) in [5.74, 6) is -1.24. The Morgan fingerprint density at radius 1 is 1.20 bits per heavy atom. The molecule has 8 heteroatoms. The molecule has 0 saturated carbocycles. The number of sulfone groups is 1. The molecule has 1 saturated heterocycles. The molecular weight excluding hydrogens is 346 g/mol. The van der Waals surface area contributed by atoms with Gasteiger partial charge in [0, 0.05) is 6.54 Å². The van der Waals surface area contributed by atoms with Crippen molar-refractivity contribution in [2.75, 3.05) is 6.54 Å². The van der Waals surface area contributed by atoms with E-state index in [1.54, 1.807) is 32.9 Å². The standard InChI is InChI=1S/C17H23NO6S/c1-11-5-7-12(8-6-11)25(22,23)13-9-14(15(19)20)18(10-13)16(21)24-17(2,3)4/h5-8,13-14H,9-10H2,1-4H3,(H,19,20)/t13-,14-/m0/s1. The average molecular weight is 369 g/mol. The van der Waals surface area contributed by atoms with Crippen LogP contribution in [0.25, 0.3) is 0 Å². The lowest BCUT2D eigenvalue weighted by Crippen LogP contribution is -2.43. The zero-order chi connectivity index (χ0) is 19.0. The number of hydrogen-bond acceptors (Lipinski definition) is 5. The van der Waals surface area contributed by atoms with E-state index < -0.39 is 38.8 Å². The fraction of sp³-hybridized carbons (Fsp3) is 0.529. The third-order valence-electron chi connectivity index (χ3n) is 3.96. The number of aliphatic carboxylic acids is 1. The van der Waals surface area contributed by atoms with Crippen molar-refractivity contribution in [1.82, 2.24) is 4.90 Å². The summed E-state index contributed by atoms with van der Waals surface area (Å²) < 4.78 is 30.8. The Bertz CT molecular complexity index is 763. The summed E-state index contributed by atoms with van der Waals surface area (Å²) in [6.45, 7) is 6.63. The van der Waals surface area contributed by atoms with E-state index in [0.29, 0.717) is 0 Å². The molecule has 0 radical (unpaired) electrons. The molecule has 1 heterocycles. The molecule has 1 N–H and O–H groups in total. The molecule has 0 spiro atoms. The van der Waals surface area contributed by atoms with Crippen molar-refractivity contribution in [3.05, 3.63) is 29.8 Å². The van der Waals surface area contributed by atoms with Crippen molar-refractivity contribution >= 4 is 21.9 Å². The number of amides is 1. The second-order valence-electron chi connectivity index (χ2n) is 7.20. The number of nitrogens with zero attached hydrogens (tertiary/aromatic N) is 1. The highest BCUT2D eigenvalue weighted by Crippen LogP contribution is 2.29. The van der Waals surface area contributed by atoms with Crippen molar-refractivity contribution in [1.29, 1.82) is 0 Å². The first-order valence-electron chi connectivity index (χ1n) is 7.95. The quantitative estimate of drug-likeness (QED) is 0.877. The van der Waals surface area contributed by atoms with Crippen LogP contribution in [-0.4, -0.2) is 53.9 Å². The molecular formula is C17H23NO6S. The molecule has 1 aliphatic rings. The molecule has 0 aliphatic carbocycles. The second kappa shape index (κ2) is 6.67. The fourth-order valence-corrected chi connectivity index (χ4v) is 4.39. The molecule has 1 fully saturated rings. The normalized spacial score (nSPS) is 21.2. The average Bonchev–Trinajstić information content (AvgIpc) is 2.92. The van der Waals surface area contributed by atoms with Gasteiger partial charge in [-0.05, 0) is 46.2 Å². The number of likely N-dealkylation sites (tertiary alicyclic amines) is 1. The van der Waals surface area contributed by atoms with Crippen LogP contribution in [0.15, 0.2) is 29.2 Å². The van der Waals surface area contributed by atoms with Crippen LogP contribution < -0.4 is 0 Å². The lowest BCUT2D eigenvalue weighted by atomic mass is 10.2. The van der Waals surface area contributed by atoms with Crippen molar-refractivity contribution in [2.45, 2.75) is 55.9 Å². The van der Waals surface area contributed by atoms with Gasteiger partial charge in [0.1, 0.15) is 11.6 Å². The molecule has 0 unspecified atom stereocenters. The van der Waals surface area contributed by atoms with Crippen LogP contribution in [0, 0.1) is 6.92 Å². The zero-order valence-electron chi connectivity index (χ0n) is 14.7. The summed E-state index contributed by atoms with van der Waals surface area (Å²) in [6, 6.07) is 5.14. The minimum absolute atomic E-state index is 0.123. The smallest absolute Gasteiger partial charge is 0.411 e. The third-order valence-corrected chi connectivity index (χ3v) is 6.11. The lowest BCUT2D eigenvalue weighted by molar-refractivity contribution is -0.142. The van der Waals surface area contributed by atoms with Crippen LogP contribution in [0.1, 0.15) is 32.8 Å². The lowest BCUT2D eigenvalue weighted by Gasteiger charge is -2.26. The van der Waals surface area contributed by atoms with Crippen molar-refractivity contribution < 1.29 is 27.9 Å². The van der Waals surface area contributed by atoms with Gasteiger partial charge in [0.05, 0.1) is 10.1 Å². The maximum Gasteiger partial charge on any atom is 0.411 e. The van der Waals surface area contributed by atoms with Gasteiger partial charge in [0.15, 0.2) is 9.84 Å². The summed E-state index contributed by atoms with van der Waals surface area (Å²) in [6.07, 6.45) is -0.980. The number of rotatable bonds is 3. The number of carboxylic acid groups (broad SMARTS) is 1. The van der Waals surface area contributed by atoms with Gasteiger partial charge in [-0.1, -0.05) is 17.7 Å². The summed E-state index contributed by atoms with van der Waals surface area (Å²) in [5.41, 5.74) is 0.123. The van der Waals surface area contributed by atoms with E-state index in [1.807, 2.05) is 6.92 Å². The zero-order valence-corrected chi connectivity index (χ0v) is 15.5. The van der Waals surface area contributed by atoms with E-state index in [2.05, 4.69) is 0 Å². The van der Waals surface area contributed by atoms with Gasteiger partial charge in [-0.15, -0.1) is 0 Å². The Morgan fingerprint density at radius 2 is 1.76 bits per heavy atom. The van der Waals surface area contributed by atoms with E-state index in [-0.39, 0.29) is 17.9 Å². The van der Waals surface area contributed by atoms with Gasteiger partial charge in [-0.2, -0.15) is 0 Å². The van der Waals surface area contributed by atoms with E-state index in [4.69, 9.17) is 4.74 Å². The van der Waals surface area contributed by atoms with Gasteiger partial charge >= 0.3 is 12.1 Å². The number of carboxylic acids is 1. The Labute approximate surface area is 147 Å². The predicted octanol–water partition coefficient (Wildman–Crippen LogP) is 2.23. The van der Waals surface area contributed by atoms with Gasteiger partial charge < -0.3 is 9.84 Å². The Morgan fingerprint density at radius 3 is 2.24 bits per heavy atom.